The van der Waals surface area contributed by atoms with Gasteiger partial charge >= 0.3 is 12.1 Å². The number of ether oxygens (including phenoxy) is 3. The number of fused-ring (bicyclic) bond motifs is 5. The molecule has 0 radical (unpaired) electrons. The van der Waals surface area contributed by atoms with E-state index in [0.717, 1.165) is 0 Å². The van der Waals surface area contributed by atoms with Crippen molar-refractivity contribution >= 4 is 29.1 Å². The van der Waals surface area contributed by atoms with E-state index in [2.05, 4.69) is 16.0 Å². The standard InChI is InChI=1S/C23H26FN5O5/c1-23(2)33-18-17-12-28(3)29(20(32-17)19(18)34-23)22(31)27-16-10-8-15(9-11-16)26-21(30)25-14-6-4-13(24)5-7-14/h4-11,17-20H,12H2,1-3H3,(H,27,31)(H2,25,26,30)/t17-,18-,19-,20-/m1/s1. The lowest BCUT2D eigenvalue weighted by atomic mass is 10.1. The second-order valence-corrected chi connectivity index (χ2v) is 8.91. The fourth-order valence-corrected chi connectivity index (χ4v) is 4.46. The summed E-state index contributed by atoms with van der Waals surface area (Å²) < 4.78 is 31.0. The first-order valence-electron chi connectivity index (χ1n) is 10.9. The van der Waals surface area contributed by atoms with Crippen LogP contribution in [0.1, 0.15) is 13.8 Å². The molecular formula is C23H26FN5O5. The summed E-state index contributed by atoms with van der Waals surface area (Å²) in [6.07, 6.45) is -1.36. The minimum absolute atomic E-state index is 0.169. The Kier molecular flexibility index (Phi) is 5.64. The summed E-state index contributed by atoms with van der Waals surface area (Å²) >= 11 is 0. The van der Waals surface area contributed by atoms with E-state index in [1.54, 1.807) is 24.3 Å². The highest BCUT2D eigenvalue weighted by Gasteiger charge is 2.61. The first-order valence-corrected chi connectivity index (χ1v) is 10.9. The van der Waals surface area contributed by atoms with Crippen molar-refractivity contribution in [3.05, 3.63) is 54.3 Å². The summed E-state index contributed by atoms with van der Waals surface area (Å²) in [7, 11) is 1.82. The van der Waals surface area contributed by atoms with Crippen LogP contribution in [0, 0.1) is 5.82 Å². The molecule has 34 heavy (non-hydrogen) atoms. The summed E-state index contributed by atoms with van der Waals surface area (Å²) in [5, 5.41) is 11.5. The van der Waals surface area contributed by atoms with Crippen LogP contribution < -0.4 is 16.0 Å². The molecule has 0 aromatic heterocycles. The van der Waals surface area contributed by atoms with Crippen LogP contribution in [0.15, 0.2) is 48.5 Å². The minimum atomic E-state index is -0.723. The third-order valence-electron chi connectivity index (χ3n) is 5.88. The maximum atomic E-state index is 13.1. The molecule has 5 rings (SSSR count). The fraction of sp³-hybridized carbons (Fsp3) is 0.391. The van der Waals surface area contributed by atoms with Crippen molar-refractivity contribution in [2.45, 2.75) is 44.2 Å². The third-order valence-corrected chi connectivity index (χ3v) is 5.88. The van der Waals surface area contributed by atoms with Gasteiger partial charge < -0.3 is 30.2 Å². The van der Waals surface area contributed by atoms with Crippen LogP contribution in [0.2, 0.25) is 0 Å². The largest absolute Gasteiger partial charge is 0.346 e. The van der Waals surface area contributed by atoms with Crippen molar-refractivity contribution in [1.82, 2.24) is 10.0 Å². The summed E-state index contributed by atoms with van der Waals surface area (Å²) in [6, 6.07) is 11.3. The van der Waals surface area contributed by atoms with Crippen molar-refractivity contribution in [3.63, 3.8) is 0 Å². The van der Waals surface area contributed by atoms with Gasteiger partial charge in [-0.3, -0.25) is 0 Å². The van der Waals surface area contributed by atoms with E-state index in [0.29, 0.717) is 23.6 Å². The lowest BCUT2D eigenvalue weighted by Crippen LogP contribution is -2.59. The van der Waals surface area contributed by atoms with Gasteiger partial charge in [-0.1, -0.05) is 0 Å². The molecule has 3 saturated heterocycles. The average Bonchev–Trinajstić information content (AvgIpc) is 3.23. The van der Waals surface area contributed by atoms with Crippen LogP contribution in [0.25, 0.3) is 0 Å². The van der Waals surface area contributed by atoms with E-state index in [1.807, 2.05) is 25.9 Å². The van der Waals surface area contributed by atoms with Crippen LogP contribution in [-0.2, 0) is 14.2 Å². The molecule has 0 unspecified atom stereocenters. The average molecular weight is 471 g/mol. The molecule has 3 aliphatic rings. The Morgan fingerprint density at radius 1 is 0.912 bits per heavy atom. The Labute approximate surface area is 195 Å². The Hall–Kier alpha value is -3.25. The van der Waals surface area contributed by atoms with E-state index in [4.69, 9.17) is 14.2 Å². The predicted molar refractivity (Wildman–Crippen MR) is 121 cm³/mol. The molecule has 2 aromatic carbocycles. The molecule has 10 nitrogen and oxygen atoms in total. The summed E-state index contributed by atoms with van der Waals surface area (Å²) in [4.78, 5) is 25.2. The Morgan fingerprint density at radius 2 is 1.44 bits per heavy atom. The minimum Gasteiger partial charge on any atom is -0.346 e. The number of hydrogen-bond acceptors (Lipinski definition) is 6. The Morgan fingerprint density at radius 3 is 2.06 bits per heavy atom. The number of amides is 4. The molecule has 4 amide bonds. The van der Waals surface area contributed by atoms with Crippen LogP contribution in [0.4, 0.5) is 31.0 Å². The normalized spacial score (nSPS) is 27.2. The number of benzene rings is 2. The van der Waals surface area contributed by atoms with Crippen LogP contribution in [-0.4, -0.2) is 66.0 Å². The lowest BCUT2D eigenvalue weighted by Gasteiger charge is -2.42. The molecule has 3 heterocycles. The summed E-state index contributed by atoms with van der Waals surface area (Å²) in [5.41, 5.74) is 1.53. The van der Waals surface area contributed by atoms with E-state index in [1.165, 1.54) is 29.3 Å². The molecule has 3 aliphatic heterocycles. The molecule has 2 bridgehead atoms. The number of hydrogen-bond donors (Lipinski definition) is 3. The smallest absolute Gasteiger partial charge is 0.338 e. The fourth-order valence-electron chi connectivity index (χ4n) is 4.46. The number of rotatable bonds is 3. The maximum Gasteiger partial charge on any atom is 0.338 e. The molecule has 180 valence electrons. The second-order valence-electron chi connectivity index (χ2n) is 8.91. The van der Waals surface area contributed by atoms with Crippen molar-refractivity contribution in [1.29, 1.82) is 0 Å². The zero-order valence-corrected chi connectivity index (χ0v) is 18.9. The van der Waals surface area contributed by atoms with Gasteiger partial charge in [0.15, 0.2) is 12.0 Å². The summed E-state index contributed by atoms with van der Waals surface area (Å²) in [5.74, 6) is -1.11. The van der Waals surface area contributed by atoms with Gasteiger partial charge in [0.05, 0.1) is 0 Å². The van der Waals surface area contributed by atoms with E-state index in [9.17, 15) is 14.0 Å². The number of carbonyl (C=O) groups excluding carboxylic acids is 2. The molecule has 3 fully saturated rings. The molecule has 3 N–H and O–H groups in total. The molecule has 0 saturated carbocycles. The van der Waals surface area contributed by atoms with Crippen molar-refractivity contribution < 1.29 is 28.2 Å². The zero-order valence-electron chi connectivity index (χ0n) is 18.9. The van der Waals surface area contributed by atoms with Gasteiger partial charge in [-0.2, -0.15) is 0 Å². The topological polar surface area (TPSA) is 104 Å². The molecular weight excluding hydrogens is 445 g/mol. The first-order chi connectivity index (χ1) is 16.2. The molecule has 2 aromatic rings. The van der Waals surface area contributed by atoms with Crippen LogP contribution in [0.5, 0.6) is 0 Å². The SMILES string of the molecule is CN1C[C@H]2O[C@H]([C@@H]3OC(C)(C)O[C@@H]32)N1C(=O)Nc1ccc(NC(=O)Nc2ccc(F)cc2)cc1. The highest BCUT2D eigenvalue weighted by atomic mass is 19.1. The second kappa shape index (κ2) is 8.51. The highest BCUT2D eigenvalue weighted by Crippen LogP contribution is 2.42. The van der Waals surface area contributed by atoms with Gasteiger partial charge in [0.1, 0.15) is 24.1 Å². The van der Waals surface area contributed by atoms with Crippen molar-refractivity contribution in [3.8, 4) is 0 Å². The number of likely N-dealkylation sites (N-methyl/N-ethyl adjacent to an activating group) is 1. The Balaban J connectivity index is 1.20. The van der Waals surface area contributed by atoms with Gasteiger partial charge in [-0.25, -0.2) is 24.0 Å². The van der Waals surface area contributed by atoms with Crippen LogP contribution in [0.3, 0.4) is 0 Å². The molecule has 0 spiro atoms. The van der Waals surface area contributed by atoms with E-state index in [-0.39, 0.29) is 30.2 Å². The van der Waals surface area contributed by atoms with Crippen LogP contribution >= 0.6 is 0 Å². The van der Waals surface area contributed by atoms with Gasteiger partial charge in [0.25, 0.3) is 0 Å². The van der Waals surface area contributed by atoms with Gasteiger partial charge in [0, 0.05) is 30.7 Å². The number of nitrogens with one attached hydrogen (secondary N) is 3. The number of hydrazine groups is 1. The zero-order chi connectivity index (χ0) is 24.0. The van der Waals surface area contributed by atoms with E-state index < -0.39 is 18.0 Å². The number of carbonyl (C=O) groups is 2. The maximum absolute atomic E-state index is 13.1. The highest BCUT2D eigenvalue weighted by molar-refractivity contribution is 6.00. The van der Waals surface area contributed by atoms with Gasteiger partial charge in [-0.05, 0) is 62.4 Å². The predicted octanol–water partition coefficient (Wildman–Crippen LogP) is 3.41. The van der Waals surface area contributed by atoms with Gasteiger partial charge in [-0.15, -0.1) is 0 Å². The third kappa shape index (κ3) is 4.42. The quantitative estimate of drug-likeness (QED) is 0.634. The Bertz CT molecular complexity index is 1080. The van der Waals surface area contributed by atoms with Crippen molar-refractivity contribution in [2.75, 3.05) is 29.5 Å². The van der Waals surface area contributed by atoms with Crippen molar-refractivity contribution in [2.24, 2.45) is 0 Å². The first kappa shape index (κ1) is 22.5. The van der Waals surface area contributed by atoms with Gasteiger partial charge in [0.2, 0.25) is 0 Å². The molecule has 4 atom stereocenters. The molecule has 11 heteroatoms. The lowest BCUT2D eigenvalue weighted by molar-refractivity contribution is -0.247. The number of nitrogens with zero attached hydrogens (tertiary/aromatic N) is 2. The number of halogens is 1. The summed E-state index contributed by atoms with van der Waals surface area (Å²) in [6.45, 7) is 4.20. The number of anilines is 3. The number of urea groups is 2. The van der Waals surface area contributed by atoms with E-state index >= 15 is 0 Å². The molecule has 0 aliphatic carbocycles. The monoisotopic (exact) mass is 471 g/mol.